The van der Waals surface area contributed by atoms with Crippen molar-refractivity contribution in [1.29, 1.82) is 0 Å². The maximum absolute atomic E-state index is 13.5. The Kier molecular flexibility index (Phi) is 4.99. The first-order valence-corrected chi connectivity index (χ1v) is 11.0. The zero-order chi connectivity index (χ0) is 20.8. The summed E-state index contributed by atoms with van der Waals surface area (Å²) in [4.78, 5) is 28.2. The summed E-state index contributed by atoms with van der Waals surface area (Å²) in [7, 11) is 0. The normalized spacial score (nSPS) is 28.7. The molecule has 0 unspecified atom stereocenters. The van der Waals surface area contributed by atoms with Crippen LogP contribution in [0.25, 0.3) is 0 Å². The number of benzene rings is 1. The topological polar surface area (TPSA) is 74.6 Å². The third kappa shape index (κ3) is 3.28. The lowest BCUT2D eigenvalue weighted by atomic mass is 9.88. The number of likely N-dealkylation sites (tertiary alicyclic amines) is 1. The highest BCUT2D eigenvalue weighted by Gasteiger charge is 2.56. The summed E-state index contributed by atoms with van der Waals surface area (Å²) in [6.07, 6.45) is 2.38. The van der Waals surface area contributed by atoms with Crippen LogP contribution in [0, 0.1) is 17.8 Å². The smallest absolute Gasteiger partial charge is 0.250 e. The zero-order valence-corrected chi connectivity index (χ0v) is 17.3. The minimum atomic E-state index is -0.374. The van der Waals surface area contributed by atoms with Crippen LogP contribution in [-0.4, -0.2) is 39.7 Å². The molecule has 5 atom stereocenters. The van der Waals surface area contributed by atoms with Crippen molar-refractivity contribution in [2.24, 2.45) is 17.8 Å². The number of aliphatic hydroxyl groups is 1. The van der Waals surface area contributed by atoms with Gasteiger partial charge in [-0.05, 0) is 37.3 Å². The van der Waals surface area contributed by atoms with E-state index < -0.39 is 0 Å². The molecule has 1 aromatic carbocycles. The third-order valence-electron chi connectivity index (χ3n) is 7.16. The van der Waals surface area contributed by atoms with Gasteiger partial charge >= 0.3 is 0 Å². The van der Waals surface area contributed by atoms with Crippen LogP contribution < -0.4 is 10.9 Å². The van der Waals surface area contributed by atoms with E-state index in [-0.39, 0.29) is 48.0 Å². The van der Waals surface area contributed by atoms with Crippen molar-refractivity contribution in [3.8, 4) is 0 Å². The fraction of sp³-hybridized carbons (Fsp3) is 0.500. The van der Waals surface area contributed by atoms with E-state index in [4.69, 9.17) is 0 Å². The summed E-state index contributed by atoms with van der Waals surface area (Å²) < 4.78 is 1.83. The summed E-state index contributed by atoms with van der Waals surface area (Å²) in [5.74, 6) is 0.474. The van der Waals surface area contributed by atoms with Crippen LogP contribution in [0.4, 0.5) is 0 Å². The van der Waals surface area contributed by atoms with Crippen molar-refractivity contribution in [2.75, 3.05) is 13.2 Å². The molecule has 2 fully saturated rings. The molecule has 3 heterocycles. The molecule has 1 saturated carbocycles. The van der Waals surface area contributed by atoms with Gasteiger partial charge in [0.05, 0.1) is 18.1 Å². The minimum Gasteiger partial charge on any atom is -0.396 e. The summed E-state index contributed by atoms with van der Waals surface area (Å²) in [5.41, 5.74) is 2.05. The van der Waals surface area contributed by atoms with E-state index in [0.29, 0.717) is 12.5 Å². The first-order valence-electron chi connectivity index (χ1n) is 11.0. The minimum absolute atomic E-state index is 0.00339. The number of hydrogen-bond donors (Lipinski definition) is 2. The molecule has 6 nitrogen and oxygen atoms in total. The second-order valence-electron chi connectivity index (χ2n) is 9.08. The number of rotatable bonds is 6. The van der Waals surface area contributed by atoms with Crippen LogP contribution in [0.1, 0.15) is 43.1 Å². The summed E-state index contributed by atoms with van der Waals surface area (Å²) in [6.45, 7) is 3.36. The Morgan fingerprint density at radius 1 is 1.17 bits per heavy atom. The highest BCUT2D eigenvalue weighted by molar-refractivity contribution is 5.83. The van der Waals surface area contributed by atoms with Crippen molar-refractivity contribution in [2.45, 2.75) is 44.4 Å². The summed E-state index contributed by atoms with van der Waals surface area (Å²) >= 11 is 0. The molecule has 0 radical (unpaired) electrons. The van der Waals surface area contributed by atoms with Gasteiger partial charge in [0.2, 0.25) is 5.91 Å². The summed E-state index contributed by atoms with van der Waals surface area (Å²) in [6, 6.07) is 14.9. The summed E-state index contributed by atoms with van der Waals surface area (Å²) in [5, 5.41) is 13.5. The SMILES string of the molecule is C[C@@H](NC(=O)[C@@H]1[C@@H](CO)[C@@H]2Cn3c(cccc3=O)[C@@H]2N1CC1CC1)c1ccccc1. The number of aromatic nitrogens is 1. The van der Waals surface area contributed by atoms with Gasteiger partial charge in [-0.15, -0.1) is 0 Å². The number of hydrogen-bond acceptors (Lipinski definition) is 4. The predicted octanol–water partition coefficient (Wildman–Crippen LogP) is 2.10. The molecule has 2 aromatic rings. The van der Waals surface area contributed by atoms with E-state index in [2.05, 4.69) is 10.2 Å². The first-order chi connectivity index (χ1) is 14.6. The van der Waals surface area contributed by atoms with Crippen LogP contribution in [0.5, 0.6) is 0 Å². The molecule has 6 heteroatoms. The Balaban J connectivity index is 1.46. The van der Waals surface area contributed by atoms with Crippen LogP contribution in [0.3, 0.4) is 0 Å². The number of nitrogens with one attached hydrogen (secondary N) is 1. The highest BCUT2D eigenvalue weighted by Crippen LogP contribution is 2.50. The molecule has 158 valence electrons. The number of fused-ring (bicyclic) bond motifs is 3. The fourth-order valence-corrected chi connectivity index (χ4v) is 5.49. The van der Waals surface area contributed by atoms with Crippen molar-refractivity contribution in [3.05, 3.63) is 70.1 Å². The molecule has 30 heavy (non-hydrogen) atoms. The molecule has 0 spiro atoms. The Labute approximate surface area is 176 Å². The molecule has 0 bridgehead atoms. The third-order valence-corrected chi connectivity index (χ3v) is 7.16. The van der Waals surface area contributed by atoms with Gasteiger partial charge in [-0.2, -0.15) is 0 Å². The molecule has 1 amide bonds. The number of carbonyl (C=O) groups is 1. The average molecular weight is 408 g/mol. The molecular formula is C24H29N3O3. The van der Waals surface area contributed by atoms with Gasteiger partial charge in [0.25, 0.3) is 5.56 Å². The molecule has 1 saturated heterocycles. The van der Waals surface area contributed by atoms with Gasteiger partial charge in [-0.25, -0.2) is 0 Å². The van der Waals surface area contributed by atoms with E-state index in [0.717, 1.165) is 17.8 Å². The van der Waals surface area contributed by atoms with E-state index in [1.807, 2.05) is 54.0 Å². The van der Waals surface area contributed by atoms with Crippen LogP contribution in [0.2, 0.25) is 0 Å². The molecule has 2 N–H and O–H groups in total. The van der Waals surface area contributed by atoms with Crippen LogP contribution >= 0.6 is 0 Å². The van der Waals surface area contributed by atoms with Crippen molar-refractivity contribution < 1.29 is 9.90 Å². The maximum Gasteiger partial charge on any atom is 0.250 e. The second-order valence-corrected chi connectivity index (χ2v) is 9.08. The maximum atomic E-state index is 13.5. The lowest BCUT2D eigenvalue weighted by molar-refractivity contribution is -0.128. The zero-order valence-electron chi connectivity index (χ0n) is 17.3. The quantitative estimate of drug-likeness (QED) is 0.769. The molecule has 1 aromatic heterocycles. The van der Waals surface area contributed by atoms with E-state index in [9.17, 15) is 14.7 Å². The van der Waals surface area contributed by atoms with Gasteiger partial charge in [-0.3, -0.25) is 14.5 Å². The van der Waals surface area contributed by atoms with Crippen molar-refractivity contribution in [3.63, 3.8) is 0 Å². The van der Waals surface area contributed by atoms with Crippen molar-refractivity contribution >= 4 is 5.91 Å². The first kappa shape index (κ1) is 19.5. The van der Waals surface area contributed by atoms with E-state index in [1.54, 1.807) is 6.07 Å². The van der Waals surface area contributed by atoms with Gasteiger partial charge in [-0.1, -0.05) is 36.4 Å². The monoisotopic (exact) mass is 407 g/mol. The number of aliphatic hydroxyl groups excluding tert-OH is 1. The highest BCUT2D eigenvalue weighted by atomic mass is 16.3. The van der Waals surface area contributed by atoms with Gasteiger partial charge in [0, 0.05) is 43.3 Å². The second kappa shape index (κ2) is 7.67. The number of carbonyl (C=O) groups excluding carboxylic acids is 1. The Hall–Kier alpha value is -2.44. The lowest BCUT2D eigenvalue weighted by Crippen LogP contribution is -2.49. The van der Waals surface area contributed by atoms with Crippen LogP contribution in [-0.2, 0) is 11.3 Å². The predicted molar refractivity (Wildman–Crippen MR) is 114 cm³/mol. The number of nitrogens with zero attached hydrogens (tertiary/aromatic N) is 2. The molecule has 1 aliphatic carbocycles. The Morgan fingerprint density at radius 2 is 1.93 bits per heavy atom. The number of amides is 1. The van der Waals surface area contributed by atoms with Gasteiger partial charge in [0.1, 0.15) is 0 Å². The van der Waals surface area contributed by atoms with Crippen LogP contribution in [0.15, 0.2) is 53.3 Å². The molecular weight excluding hydrogens is 378 g/mol. The van der Waals surface area contributed by atoms with Crippen molar-refractivity contribution in [1.82, 2.24) is 14.8 Å². The van der Waals surface area contributed by atoms with Gasteiger partial charge < -0.3 is 15.0 Å². The molecule has 3 aliphatic rings. The fourth-order valence-electron chi connectivity index (χ4n) is 5.49. The molecule has 5 rings (SSSR count). The number of pyridine rings is 1. The Bertz CT molecular complexity index is 985. The van der Waals surface area contributed by atoms with Gasteiger partial charge in [0.15, 0.2) is 0 Å². The average Bonchev–Trinajstić information content (AvgIpc) is 3.40. The lowest BCUT2D eigenvalue weighted by Gasteiger charge is -2.31. The van der Waals surface area contributed by atoms with E-state index in [1.165, 1.54) is 12.8 Å². The van der Waals surface area contributed by atoms with E-state index >= 15 is 0 Å². The Morgan fingerprint density at radius 3 is 2.63 bits per heavy atom. The standard InChI is InChI=1S/C24H29N3O3/c1-15(17-6-3-2-4-7-17)25-24(30)23-19(14-28)18-13-26-20(8-5-9-21(26)29)22(18)27(23)12-16-10-11-16/h2-9,15-16,18-19,22-23,28H,10-14H2,1H3,(H,25,30)/t15-,18+,19+,22-,23+/m1/s1. The molecule has 2 aliphatic heterocycles. The largest absolute Gasteiger partial charge is 0.396 e.